The van der Waals surface area contributed by atoms with E-state index >= 15 is 0 Å². The van der Waals surface area contributed by atoms with E-state index in [1.54, 1.807) is 19.1 Å². The molecule has 3 rings (SSSR count). The van der Waals surface area contributed by atoms with Crippen molar-refractivity contribution in [1.82, 2.24) is 10.2 Å². The minimum atomic E-state index is -0.653. The molecule has 178 valence electrons. The second kappa shape index (κ2) is 11.8. The molecule has 0 heterocycles. The van der Waals surface area contributed by atoms with Gasteiger partial charge in [0.15, 0.2) is 6.61 Å². The minimum absolute atomic E-state index is 0.156. The Hall–Kier alpha value is -2.24. The van der Waals surface area contributed by atoms with E-state index in [2.05, 4.69) is 19.2 Å². The third-order valence-electron chi connectivity index (χ3n) is 6.11. The molecular formula is C26H32Cl2N2O3. The lowest BCUT2D eigenvalue weighted by Gasteiger charge is -2.29. The van der Waals surface area contributed by atoms with E-state index in [0.29, 0.717) is 21.7 Å². The number of rotatable bonds is 9. The Kier molecular flexibility index (Phi) is 9.04. The van der Waals surface area contributed by atoms with Crippen molar-refractivity contribution >= 4 is 35.0 Å². The molecule has 0 bridgehead atoms. The molecule has 2 amide bonds. The smallest absolute Gasteiger partial charge is 0.261 e. The zero-order valence-electron chi connectivity index (χ0n) is 19.4. The van der Waals surface area contributed by atoms with Crippen molar-refractivity contribution in [2.45, 2.75) is 71.0 Å². The number of hydrogen-bond donors (Lipinski definition) is 1. The van der Waals surface area contributed by atoms with Crippen LogP contribution in [0, 0.1) is 0 Å². The molecule has 1 saturated carbocycles. The fourth-order valence-corrected chi connectivity index (χ4v) is 4.31. The lowest BCUT2D eigenvalue weighted by Crippen LogP contribution is -2.50. The molecule has 33 heavy (non-hydrogen) atoms. The molecular weight excluding hydrogens is 459 g/mol. The van der Waals surface area contributed by atoms with Crippen LogP contribution in [0.15, 0.2) is 42.5 Å². The Morgan fingerprint density at radius 2 is 1.70 bits per heavy atom. The number of ether oxygens (including phenoxy) is 1. The average molecular weight is 491 g/mol. The Morgan fingerprint density at radius 1 is 1.03 bits per heavy atom. The number of halogens is 2. The number of carbonyl (C=O) groups is 2. The molecule has 0 radical (unpaired) electrons. The van der Waals surface area contributed by atoms with Gasteiger partial charge in [0, 0.05) is 12.6 Å². The molecule has 5 nitrogen and oxygen atoms in total. The number of nitrogens with one attached hydrogen (secondary N) is 1. The van der Waals surface area contributed by atoms with Crippen LogP contribution in [-0.4, -0.2) is 35.4 Å². The summed E-state index contributed by atoms with van der Waals surface area (Å²) in [5.74, 6) is 0.603. The number of nitrogens with zero attached hydrogens (tertiary/aromatic N) is 1. The molecule has 7 heteroatoms. The highest BCUT2D eigenvalue weighted by atomic mass is 35.5. The van der Waals surface area contributed by atoms with E-state index in [0.717, 1.165) is 31.2 Å². The van der Waals surface area contributed by atoms with Crippen molar-refractivity contribution < 1.29 is 14.3 Å². The summed E-state index contributed by atoms with van der Waals surface area (Å²) in [4.78, 5) is 27.7. The van der Waals surface area contributed by atoms with Crippen LogP contribution in [0.5, 0.6) is 5.75 Å². The highest BCUT2D eigenvalue weighted by Gasteiger charge is 2.29. The number of amides is 2. The summed E-state index contributed by atoms with van der Waals surface area (Å²) in [6.07, 6.45) is 4.20. The maximum Gasteiger partial charge on any atom is 0.261 e. The van der Waals surface area contributed by atoms with Crippen molar-refractivity contribution in [2.24, 2.45) is 0 Å². The van der Waals surface area contributed by atoms with Crippen LogP contribution in [0.4, 0.5) is 0 Å². The summed E-state index contributed by atoms with van der Waals surface area (Å²) in [7, 11) is 0. The van der Waals surface area contributed by atoms with Gasteiger partial charge in [0.2, 0.25) is 5.91 Å². The van der Waals surface area contributed by atoms with Crippen molar-refractivity contribution in [3.05, 3.63) is 63.6 Å². The summed E-state index contributed by atoms with van der Waals surface area (Å²) in [5.41, 5.74) is 1.99. The summed E-state index contributed by atoms with van der Waals surface area (Å²) >= 11 is 12.2. The van der Waals surface area contributed by atoms with Crippen LogP contribution in [-0.2, 0) is 16.1 Å². The molecule has 0 unspecified atom stereocenters. The summed E-state index contributed by atoms with van der Waals surface area (Å²) < 4.78 is 5.76. The van der Waals surface area contributed by atoms with Gasteiger partial charge in [-0.2, -0.15) is 0 Å². The Morgan fingerprint density at radius 3 is 2.30 bits per heavy atom. The molecule has 2 aromatic rings. The Balaban J connectivity index is 1.71. The van der Waals surface area contributed by atoms with E-state index in [9.17, 15) is 9.59 Å². The van der Waals surface area contributed by atoms with Crippen molar-refractivity contribution in [3.8, 4) is 5.75 Å². The first-order valence-corrected chi connectivity index (χ1v) is 12.3. The van der Waals surface area contributed by atoms with E-state index in [4.69, 9.17) is 27.9 Å². The molecule has 1 N–H and O–H groups in total. The van der Waals surface area contributed by atoms with E-state index in [1.165, 1.54) is 10.5 Å². The maximum atomic E-state index is 13.2. The van der Waals surface area contributed by atoms with Gasteiger partial charge in [0.25, 0.3) is 5.91 Å². The van der Waals surface area contributed by atoms with Gasteiger partial charge in [-0.25, -0.2) is 0 Å². The predicted octanol–water partition coefficient (Wildman–Crippen LogP) is 5.97. The molecule has 1 aliphatic carbocycles. The first-order valence-electron chi connectivity index (χ1n) is 11.5. The maximum absolute atomic E-state index is 13.2. The van der Waals surface area contributed by atoms with Gasteiger partial charge in [-0.3, -0.25) is 9.59 Å². The second-order valence-corrected chi connectivity index (χ2v) is 9.76. The van der Waals surface area contributed by atoms with Crippen LogP contribution in [0.25, 0.3) is 0 Å². The van der Waals surface area contributed by atoms with E-state index in [-0.39, 0.29) is 31.0 Å². The van der Waals surface area contributed by atoms with E-state index in [1.807, 2.05) is 30.3 Å². The Labute approximate surface area is 206 Å². The second-order valence-electron chi connectivity index (χ2n) is 8.95. The number of hydrogen-bond acceptors (Lipinski definition) is 3. The molecule has 1 fully saturated rings. The normalized spacial score (nSPS) is 14.8. The van der Waals surface area contributed by atoms with E-state index < -0.39 is 6.04 Å². The molecule has 0 aromatic heterocycles. The van der Waals surface area contributed by atoms with Gasteiger partial charge in [-0.05, 0) is 61.1 Å². The zero-order chi connectivity index (χ0) is 24.0. The molecule has 1 atom stereocenters. The highest BCUT2D eigenvalue weighted by Crippen LogP contribution is 2.24. The van der Waals surface area contributed by atoms with Crippen molar-refractivity contribution in [1.29, 1.82) is 0 Å². The third-order valence-corrected chi connectivity index (χ3v) is 6.85. The lowest BCUT2D eigenvalue weighted by atomic mass is 10.0. The van der Waals surface area contributed by atoms with Gasteiger partial charge < -0.3 is 15.0 Å². The predicted molar refractivity (Wildman–Crippen MR) is 133 cm³/mol. The van der Waals surface area contributed by atoms with Crippen molar-refractivity contribution in [2.75, 3.05) is 6.61 Å². The largest absolute Gasteiger partial charge is 0.484 e. The minimum Gasteiger partial charge on any atom is -0.484 e. The van der Waals surface area contributed by atoms with Crippen LogP contribution in [0.3, 0.4) is 0 Å². The summed E-state index contributed by atoms with van der Waals surface area (Å²) in [5, 5.41) is 3.94. The number of benzene rings is 2. The van der Waals surface area contributed by atoms with Crippen LogP contribution in [0.1, 0.15) is 63.5 Å². The molecule has 0 saturated heterocycles. The standard InChI is InChI=1S/C26H32Cl2N2O3/c1-17(2)20-9-11-22(12-10-20)33-16-25(31)30(15-19-8-13-23(27)24(28)14-19)18(3)26(32)29-21-6-4-5-7-21/h8-14,17-18,21H,4-7,15-16H2,1-3H3,(H,29,32)/t18-/m1/s1. The van der Waals surface area contributed by atoms with Crippen LogP contribution < -0.4 is 10.1 Å². The quantitative estimate of drug-likeness (QED) is 0.470. The first kappa shape index (κ1) is 25.4. The average Bonchev–Trinajstić information content (AvgIpc) is 3.31. The first-order chi connectivity index (χ1) is 15.7. The van der Waals surface area contributed by atoms with Crippen molar-refractivity contribution in [3.63, 3.8) is 0 Å². The fourth-order valence-electron chi connectivity index (χ4n) is 3.99. The monoisotopic (exact) mass is 490 g/mol. The third kappa shape index (κ3) is 7.12. The fraction of sp³-hybridized carbons (Fsp3) is 0.462. The SMILES string of the molecule is CC(C)c1ccc(OCC(=O)N(Cc2ccc(Cl)c(Cl)c2)[C@H](C)C(=O)NC2CCCC2)cc1. The van der Waals surface area contributed by atoms with Gasteiger partial charge >= 0.3 is 0 Å². The Bertz CT molecular complexity index is 957. The topological polar surface area (TPSA) is 58.6 Å². The van der Waals surface area contributed by atoms with Crippen LogP contribution in [0.2, 0.25) is 10.0 Å². The number of carbonyl (C=O) groups excluding carboxylic acids is 2. The van der Waals surface area contributed by atoms with Gasteiger partial charge in [-0.1, -0.05) is 68.1 Å². The van der Waals surface area contributed by atoms with Gasteiger partial charge in [0.1, 0.15) is 11.8 Å². The highest BCUT2D eigenvalue weighted by molar-refractivity contribution is 6.42. The molecule has 0 aliphatic heterocycles. The summed E-state index contributed by atoms with van der Waals surface area (Å²) in [6, 6.07) is 12.5. The molecule has 2 aromatic carbocycles. The molecule has 0 spiro atoms. The van der Waals surface area contributed by atoms with Gasteiger partial charge in [0.05, 0.1) is 10.0 Å². The van der Waals surface area contributed by atoms with Gasteiger partial charge in [-0.15, -0.1) is 0 Å². The molecule has 1 aliphatic rings. The summed E-state index contributed by atoms with van der Waals surface area (Å²) in [6.45, 7) is 6.06. The van der Waals surface area contributed by atoms with Crippen LogP contribution >= 0.6 is 23.2 Å². The lowest BCUT2D eigenvalue weighted by molar-refractivity contribution is -0.142. The zero-order valence-corrected chi connectivity index (χ0v) is 21.0.